The van der Waals surface area contributed by atoms with Crippen LogP contribution in [0.5, 0.6) is 0 Å². The molecule has 92 valence electrons. The summed E-state index contributed by atoms with van der Waals surface area (Å²) < 4.78 is 4.93. The summed E-state index contributed by atoms with van der Waals surface area (Å²) in [5, 5.41) is 8.53. The Labute approximate surface area is 97.2 Å². The fraction of sp³-hybridized carbons (Fsp3) is 0.818. The van der Waals surface area contributed by atoms with E-state index in [0.29, 0.717) is 32.5 Å². The van der Waals surface area contributed by atoms with E-state index in [-0.39, 0.29) is 5.91 Å². The molecule has 1 atom stereocenters. The zero-order chi connectivity index (χ0) is 12.6. The first-order valence-electron chi connectivity index (χ1n) is 5.43. The molecular formula is C11H21N3O2. The standard InChI is InChI=1S/C11H21N3O2/c1-4-11(2,13)10(15)14(7-5-6-12)8-9-16-3/h4-5,7-9,13H2,1-3H3. The predicted molar refractivity (Wildman–Crippen MR) is 61.6 cm³/mol. The number of methoxy groups -OCH3 is 1. The minimum Gasteiger partial charge on any atom is -0.383 e. The molecule has 0 aromatic carbocycles. The second-order valence-corrected chi connectivity index (χ2v) is 3.96. The van der Waals surface area contributed by atoms with Crippen LogP contribution in [0.3, 0.4) is 0 Å². The molecule has 0 heterocycles. The fourth-order valence-corrected chi connectivity index (χ4v) is 1.21. The molecule has 5 nitrogen and oxygen atoms in total. The first-order chi connectivity index (χ1) is 7.49. The van der Waals surface area contributed by atoms with Crippen LogP contribution >= 0.6 is 0 Å². The van der Waals surface area contributed by atoms with Crippen molar-refractivity contribution < 1.29 is 9.53 Å². The van der Waals surface area contributed by atoms with Crippen LogP contribution in [0.2, 0.25) is 0 Å². The quantitative estimate of drug-likeness (QED) is 0.687. The Bertz CT molecular complexity index is 258. The average molecular weight is 227 g/mol. The van der Waals surface area contributed by atoms with E-state index in [1.165, 1.54) is 0 Å². The van der Waals surface area contributed by atoms with E-state index in [0.717, 1.165) is 0 Å². The number of carbonyl (C=O) groups excluding carboxylic acids is 1. The molecule has 0 spiro atoms. The molecule has 16 heavy (non-hydrogen) atoms. The molecule has 0 fully saturated rings. The fourth-order valence-electron chi connectivity index (χ4n) is 1.21. The Morgan fingerprint density at radius 2 is 2.19 bits per heavy atom. The van der Waals surface area contributed by atoms with Crippen LogP contribution in [0.1, 0.15) is 26.7 Å². The SMILES string of the molecule is CCC(C)(N)C(=O)N(CCC#N)CCOC. The van der Waals surface area contributed by atoms with E-state index in [2.05, 4.69) is 0 Å². The summed E-state index contributed by atoms with van der Waals surface area (Å²) in [7, 11) is 1.58. The van der Waals surface area contributed by atoms with Crippen LogP contribution in [0.4, 0.5) is 0 Å². The Balaban J connectivity index is 4.49. The number of amides is 1. The molecule has 0 aromatic heterocycles. The molecule has 0 aromatic rings. The lowest BCUT2D eigenvalue weighted by molar-refractivity contribution is -0.137. The molecule has 1 unspecified atom stereocenters. The highest BCUT2D eigenvalue weighted by Gasteiger charge is 2.30. The highest BCUT2D eigenvalue weighted by molar-refractivity contribution is 5.85. The third-order valence-electron chi connectivity index (χ3n) is 2.57. The largest absolute Gasteiger partial charge is 0.383 e. The van der Waals surface area contributed by atoms with Crippen LogP contribution in [-0.2, 0) is 9.53 Å². The average Bonchev–Trinajstić information content (AvgIpc) is 2.28. The number of nitriles is 1. The highest BCUT2D eigenvalue weighted by atomic mass is 16.5. The number of carbonyl (C=O) groups is 1. The van der Waals surface area contributed by atoms with E-state index >= 15 is 0 Å². The number of rotatable bonds is 7. The molecule has 0 aliphatic heterocycles. The third kappa shape index (κ3) is 4.60. The minimum atomic E-state index is -0.858. The van der Waals surface area contributed by atoms with Crippen molar-refractivity contribution >= 4 is 5.91 Å². The van der Waals surface area contributed by atoms with Gasteiger partial charge in [0.1, 0.15) is 0 Å². The number of hydrogen-bond acceptors (Lipinski definition) is 4. The number of nitrogens with zero attached hydrogens (tertiary/aromatic N) is 2. The Hall–Kier alpha value is -1.12. The molecule has 5 heteroatoms. The normalized spacial score (nSPS) is 13.9. The van der Waals surface area contributed by atoms with Gasteiger partial charge in [0, 0.05) is 20.2 Å². The predicted octanol–water partition coefficient (Wildman–Crippen LogP) is 0.502. The highest BCUT2D eigenvalue weighted by Crippen LogP contribution is 2.10. The Morgan fingerprint density at radius 3 is 2.62 bits per heavy atom. The van der Waals surface area contributed by atoms with Crippen molar-refractivity contribution in [3.05, 3.63) is 0 Å². The maximum atomic E-state index is 12.0. The van der Waals surface area contributed by atoms with Crippen molar-refractivity contribution in [1.82, 2.24) is 4.90 Å². The molecule has 2 N–H and O–H groups in total. The van der Waals surface area contributed by atoms with Gasteiger partial charge in [-0.25, -0.2) is 0 Å². The van der Waals surface area contributed by atoms with Gasteiger partial charge in [-0.15, -0.1) is 0 Å². The van der Waals surface area contributed by atoms with E-state index in [1.807, 2.05) is 13.0 Å². The first-order valence-corrected chi connectivity index (χ1v) is 5.43. The molecule has 0 radical (unpaired) electrons. The van der Waals surface area contributed by atoms with Crippen LogP contribution in [0, 0.1) is 11.3 Å². The van der Waals surface area contributed by atoms with E-state index < -0.39 is 5.54 Å². The molecule has 0 saturated heterocycles. The second kappa shape index (κ2) is 7.20. The van der Waals surface area contributed by atoms with Crippen LogP contribution in [0.15, 0.2) is 0 Å². The molecule has 0 saturated carbocycles. The van der Waals surface area contributed by atoms with E-state index in [1.54, 1.807) is 18.9 Å². The minimum absolute atomic E-state index is 0.123. The van der Waals surface area contributed by atoms with Crippen molar-refractivity contribution in [3.8, 4) is 6.07 Å². The zero-order valence-electron chi connectivity index (χ0n) is 10.3. The molecular weight excluding hydrogens is 206 g/mol. The summed E-state index contributed by atoms with van der Waals surface area (Å²) in [6.45, 7) is 4.92. The first kappa shape index (κ1) is 14.9. The van der Waals surface area contributed by atoms with Crippen molar-refractivity contribution in [3.63, 3.8) is 0 Å². The van der Waals surface area contributed by atoms with Gasteiger partial charge in [0.2, 0.25) is 5.91 Å². The van der Waals surface area contributed by atoms with Gasteiger partial charge < -0.3 is 15.4 Å². The van der Waals surface area contributed by atoms with Crippen molar-refractivity contribution in [1.29, 1.82) is 5.26 Å². The van der Waals surface area contributed by atoms with Gasteiger partial charge in [0.25, 0.3) is 0 Å². The summed E-state index contributed by atoms with van der Waals surface area (Å²) in [6, 6.07) is 2.02. The Kier molecular flexibility index (Phi) is 6.70. The zero-order valence-corrected chi connectivity index (χ0v) is 10.3. The van der Waals surface area contributed by atoms with Crippen molar-refractivity contribution in [2.24, 2.45) is 5.73 Å². The van der Waals surface area contributed by atoms with E-state index in [4.69, 9.17) is 15.7 Å². The summed E-state index contributed by atoms with van der Waals surface area (Å²) >= 11 is 0. The van der Waals surface area contributed by atoms with Gasteiger partial charge in [-0.3, -0.25) is 4.79 Å². The number of ether oxygens (including phenoxy) is 1. The van der Waals surface area contributed by atoms with Gasteiger partial charge in [-0.1, -0.05) is 6.92 Å². The van der Waals surface area contributed by atoms with Gasteiger partial charge in [-0.2, -0.15) is 5.26 Å². The Morgan fingerprint density at radius 1 is 1.56 bits per heavy atom. The lowest BCUT2D eigenvalue weighted by Crippen LogP contribution is -2.53. The molecule has 0 rings (SSSR count). The monoisotopic (exact) mass is 227 g/mol. The maximum absolute atomic E-state index is 12.0. The lowest BCUT2D eigenvalue weighted by Gasteiger charge is -2.30. The molecule has 0 aliphatic rings. The van der Waals surface area contributed by atoms with Crippen LogP contribution in [0.25, 0.3) is 0 Å². The summed E-state index contributed by atoms with van der Waals surface area (Å²) in [5.41, 5.74) is 5.03. The van der Waals surface area contributed by atoms with E-state index in [9.17, 15) is 4.79 Å². The number of hydrogen-bond donors (Lipinski definition) is 1. The molecule has 1 amide bonds. The van der Waals surface area contributed by atoms with Crippen molar-refractivity contribution in [2.45, 2.75) is 32.2 Å². The van der Waals surface area contributed by atoms with Crippen molar-refractivity contribution in [2.75, 3.05) is 26.8 Å². The third-order valence-corrected chi connectivity index (χ3v) is 2.57. The van der Waals surface area contributed by atoms with Gasteiger partial charge in [0.15, 0.2) is 0 Å². The van der Waals surface area contributed by atoms with Crippen LogP contribution in [-0.4, -0.2) is 43.2 Å². The van der Waals surface area contributed by atoms with Crippen LogP contribution < -0.4 is 5.73 Å². The second-order valence-electron chi connectivity index (χ2n) is 3.96. The topological polar surface area (TPSA) is 79.4 Å². The van der Waals surface area contributed by atoms with Gasteiger partial charge >= 0.3 is 0 Å². The summed E-state index contributed by atoms with van der Waals surface area (Å²) in [6.07, 6.45) is 0.886. The van der Waals surface area contributed by atoms with Gasteiger partial charge in [-0.05, 0) is 13.3 Å². The summed E-state index contributed by atoms with van der Waals surface area (Å²) in [4.78, 5) is 13.6. The molecule has 0 bridgehead atoms. The molecule has 0 aliphatic carbocycles. The maximum Gasteiger partial charge on any atom is 0.242 e. The van der Waals surface area contributed by atoms with Gasteiger partial charge in [0.05, 0.1) is 24.6 Å². The lowest BCUT2D eigenvalue weighted by atomic mass is 9.98. The smallest absolute Gasteiger partial charge is 0.242 e. The summed E-state index contributed by atoms with van der Waals surface area (Å²) in [5.74, 6) is -0.123. The number of nitrogens with two attached hydrogens (primary N) is 1.